The molecule has 0 aliphatic carbocycles. The third kappa shape index (κ3) is 7.60. The zero-order chi connectivity index (χ0) is 15.3. The van der Waals surface area contributed by atoms with Gasteiger partial charge in [-0.25, -0.2) is 0 Å². The Kier molecular flexibility index (Phi) is 10.1. The molecule has 0 spiro atoms. The Bertz CT molecular complexity index is 342. The molecule has 1 aromatic carbocycles. The first-order chi connectivity index (χ1) is 10.3. The van der Waals surface area contributed by atoms with Gasteiger partial charge in [-0.05, 0) is 18.5 Å². The zero-order valence-electron chi connectivity index (χ0n) is 13.3. The van der Waals surface area contributed by atoms with E-state index in [2.05, 4.69) is 12.2 Å². The molecule has 21 heavy (non-hydrogen) atoms. The van der Waals surface area contributed by atoms with Crippen molar-refractivity contribution in [3.63, 3.8) is 0 Å². The fourth-order valence-corrected chi connectivity index (χ4v) is 2.53. The molecule has 0 aliphatic heterocycles. The summed E-state index contributed by atoms with van der Waals surface area (Å²) in [5, 5.41) is 23.0. The van der Waals surface area contributed by atoms with E-state index in [4.69, 9.17) is 0 Å². The second-order valence-corrected chi connectivity index (χ2v) is 5.72. The number of aliphatic hydroxyl groups is 2. The lowest BCUT2D eigenvalue weighted by atomic mass is 10.0. The Hall–Kier alpha value is -0.900. The summed E-state index contributed by atoms with van der Waals surface area (Å²) in [4.78, 5) is 0. The molecule has 0 fully saturated rings. The summed E-state index contributed by atoms with van der Waals surface area (Å²) in [6.45, 7) is 3.03. The second-order valence-electron chi connectivity index (χ2n) is 5.72. The summed E-state index contributed by atoms with van der Waals surface area (Å²) in [7, 11) is 0. The summed E-state index contributed by atoms with van der Waals surface area (Å²) < 4.78 is 0. The van der Waals surface area contributed by atoms with E-state index in [-0.39, 0.29) is 12.6 Å². The van der Waals surface area contributed by atoms with Gasteiger partial charge in [-0.1, -0.05) is 75.8 Å². The lowest BCUT2D eigenvalue weighted by molar-refractivity contribution is 0.0899. The molecule has 0 aromatic heterocycles. The molecule has 0 unspecified atom stereocenters. The predicted octanol–water partition coefficient (Wildman–Crippen LogP) is 3.42. The van der Waals surface area contributed by atoms with E-state index in [0.717, 1.165) is 18.5 Å². The number of hydrogen-bond donors (Lipinski definition) is 3. The highest BCUT2D eigenvalue weighted by Crippen LogP contribution is 2.16. The van der Waals surface area contributed by atoms with Crippen molar-refractivity contribution in [2.24, 2.45) is 0 Å². The Morgan fingerprint density at radius 3 is 2.19 bits per heavy atom. The van der Waals surface area contributed by atoms with Crippen LogP contribution in [-0.2, 0) is 0 Å². The van der Waals surface area contributed by atoms with Crippen LogP contribution in [0.15, 0.2) is 30.3 Å². The largest absolute Gasteiger partial charge is 0.395 e. The Morgan fingerprint density at radius 1 is 0.952 bits per heavy atom. The fraction of sp³-hybridized carbons (Fsp3) is 0.667. The van der Waals surface area contributed by atoms with E-state index in [1.54, 1.807) is 0 Å². The standard InChI is InChI=1S/C18H31NO2/c1-2-3-4-5-6-7-11-14-19-17(15-20)18(21)16-12-9-8-10-13-16/h8-10,12-13,17-21H,2-7,11,14-15H2,1H3/t17-,18-/m0/s1. The van der Waals surface area contributed by atoms with Crippen LogP contribution >= 0.6 is 0 Å². The number of rotatable bonds is 12. The average molecular weight is 293 g/mol. The van der Waals surface area contributed by atoms with Crippen LogP contribution < -0.4 is 5.32 Å². The minimum Gasteiger partial charge on any atom is -0.395 e. The van der Waals surface area contributed by atoms with Gasteiger partial charge in [0, 0.05) is 0 Å². The van der Waals surface area contributed by atoms with Gasteiger partial charge in [0.1, 0.15) is 0 Å². The van der Waals surface area contributed by atoms with Crippen molar-refractivity contribution < 1.29 is 10.2 Å². The zero-order valence-corrected chi connectivity index (χ0v) is 13.3. The maximum Gasteiger partial charge on any atom is 0.0965 e. The highest BCUT2D eigenvalue weighted by atomic mass is 16.3. The van der Waals surface area contributed by atoms with Crippen molar-refractivity contribution in [2.45, 2.75) is 64.0 Å². The normalized spacial score (nSPS) is 14.0. The summed E-state index contributed by atoms with van der Waals surface area (Å²) >= 11 is 0. The fourth-order valence-electron chi connectivity index (χ4n) is 2.53. The third-order valence-corrected chi connectivity index (χ3v) is 3.91. The van der Waals surface area contributed by atoms with Crippen LogP contribution in [0.25, 0.3) is 0 Å². The van der Waals surface area contributed by atoms with Gasteiger partial charge in [-0.15, -0.1) is 0 Å². The molecule has 3 heteroatoms. The number of nitrogens with one attached hydrogen (secondary N) is 1. The van der Waals surface area contributed by atoms with Crippen LogP contribution in [-0.4, -0.2) is 29.4 Å². The molecule has 2 atom stereocenters. The minimum absolute atomic E-state index is 0.0490. The predicted molar refractivity (Wildman–Crippen MR) is 88.3 cm³/mol. The molecule has 3 nitrogen and oxygen atoms in total. The van der Waals surface area contributed by atoms with Gasteiger partial charge in [0.25, 0.3) is 0 Å². The Labute approximate surface area is 129 Å². The molecule has 0 saturated heterocycles. The first-order valence-corrected chi connectivity index (χ1v) is 8.36. The first kappa shape index (κ1) is 18.1. The van der Waals surface area contributed by atoms with Gasteiger partial charge in [-0.3, -0.25) is 0 Å². The third-order valence-electron chi connectivity index (χ3n) is 3.91. The topological polar surface area (TPSA) is 52.5 Å². The van der Waals surface area contributed by atoms with Crippen molar-refractivity contribution in [3.05, 3.63) is 35.9 Å². The van der Waals surface area contributed by atoms with Crippen LogP contribution in [0.4, 0.5) is 0 Å². The van der Waals surface area contributed by atoms with Crippen molar-refractivity contribution in [1.82, 2.24) is 5.32 Å². The Morgan fingerprint density at radius 2 is 1.57 bits per heavy atom. The quantitative estimate of drug-likeness (QED) is 0.518. The number of benzene rings is 1. The smallest absolute Gasteiger partial charge is 0.0965 e. The minimum atomic E-state index is -0.652. The molecular formula is C18H31NO2. The van der Waals surface area contributed by atoms with Gasteiger partial charge in [-0.2, -0.15) is 0 Å². The van der Waals surface area contributed by atoms with E-state index in [1.165, 1.54) is 38.5 Å². The van der Waals surface area contributed by atoms with Crippen LogP contribution in [0.2, 0.25) is 0 Å². The van der Waals surface area contributed by atoms with Crippen molar-refractivity contribution in [3.8, 4) is 0 Å². The van der Waals surface area contributed by atoms with Crippen molar-refractivity contribution in [1.29, 1.82) is 0 Å². The van der Waals surface area contributed by atoms with Gasteiger partial charge in [0.05, 0.1) is 18.8 Å². The molecule has 1 rings (SSSR count). The van der Waals surface area contributed by atoms with Crippen molar-refractivity contribution in [2.75, 3.05) is 13.2 Å². The summed E-state index contributed by atoms with van der Waals surface area (Å²) in [6.07, 6.45) is 8.25. The molecule has 0 amide bonds. The molecular weight excluding hydrogens is 262 g/mol. The summed E-state index contributed by atoms with van der Waals surface area (Å²) in [5.74, 6) is 0. The summed E-state index contributed by atoms with van der Waals surface area (Å²) in [6, 6.07) is 9.24. The van der Waals surface area contributed by atoms with E-state index >= 15 is 0 Å². The molecule has 0 bridgehead atoms. The van der Waals surface area contributed by atoms with Gasteiger partial charge in [0.2, 0.25) is 0 Å². The Balaban J connectivity index is 2.16. The maximum absolute atomic E-state index is 10.3. The molecule has 120 valence electrons. The molecule has 0 radical (unpaired) electrons. The van der Waals surface area contributed by atoms with Gasteiger partial charge < -0.3 is 15.5 Å². The van der Waals surface area contributed by atoms with E-state index in [9.17, 15) is 10.2 Å². The second kappa shape index (κ2) is 11.7. The first-order valence-electron chi connectivity index (χ1n) is 8.36. The molecule has 0 heterocycles. The summed E-state index contributed by atoms with van der Waals surface area (Å²) in [5.41, 5.74) is 0.851. The van der Waals surface area contributed by atoms with Gasteiger partial charge in [0.15, 0.2) is 0 Å². The molecule has 0 aliphatic rings. The number of aliphatic hydroxyl groups excluding tert-OH is 2. The monoisotopic (exact) mass is 293 g/mol. The van der Waals surface area contributed by atoms with Gasteiger partial charge >= 0.3 is 0 Å². The lowest BCUT2D eigenvalue weighted by Gasteiger charge is -2.22. The molecule has 0 saturated carbocycles. The molecule has 1 aromatic rings. The van der Waals surface area contributed by atoms with E-state index in [1.807, 2.05) is 30.3 Å². The number of hydrogen-bond acceptors (Lipinski definition) is 3. The van der Waals surface area contributed by atoms with Crippen LogP contribution in [0, 0.1) is 0 Å². The highest BCUT2D eigenvalue weighted by molar-refractivity contribution is 5.18. The van der Waals surface area contributed by atoms with E-state index < -0.39 is 6.10 Å². The van der Waals surface area contributed by atoms with Crippen molar-refractivity contribution >= 4 is 0 Å². The maximum atomic E-state index is 10.3. The van der Waals surface area contributed by atoms with E-state index in [0.29, 0.717) is 0 Å². The lowest BCUT2D eigenvalue weighted by Crippen LogP contribution is -2.38. The average Bonchev–Trinajstić information content (AvgIpc) is 2.54. The molecule has 3 N–H and O–H groups in total. The highest BCUT2D eigenvalue weighted by Gasteiger charge is 2.18. The van der Waals surface area contributed by atoms with Crippen LogP contribution in [0.1, 0.15) is 63.5 Å². The van der Waals surface area contributed by atoms with Crippen LogP contribution in [0.5, 0.6) is 0 Å². The SMILES string of the molecule is CCCCCCCCCN[C@@H](CO)[C@@H](O)c1ccccc1. The number of unbranched alkanes of at least 4 members (excludes halogenated alkanes) is 6. The van der Waals surface area contributed by atoms with Crippen LogP contribution in [0.3, 0.4) is 0 Å².